The third-order valence-electron chi connectivity index (χ3n) is 2.83. The molecule has 1 nitrogen and oxygen atoms in total. The van der Waals surface area contributed by atoms with E-state index in [1.54, 1.807) is 4.90 Å². The maximum absolute atomic E-state index is 2.35. The molecule has 54 valence electrons. The van der Waals surface area contributed by atoms with Gasteiger partial charge < -0.3 is 4.90 Å². The average molecular weight is 128 g/mol. The van der Waals surface area contributed by atoms with Gasteiger partial charge in [0, 0.05) is 0 Å². The number of piperidine rings is 1. The van der Waals surface area contributed by atoms with Crippen LogP contribution in [0.15, 0.2) is 0 Å². The summed E-state index contributed by atoms with van der Waals surface area (Å²) in [5, 5.41) is 0. The van der Waals surface area contributed by atoms with Crippen molar-refractivity contribution in [3.05, 3.63) is 0 Å². The first-order chi connectivity index (χ1) is 4.22. The zero-order valence-electron chi connectivity index (χ0n) is 6.78. The molecule has 9 heavy (non-hydrogen) atoms. The molecule has 2 atom stereocenters. The highest BCUT2D eigenvalue weighted by molar-refractivity contribution is 4.60. The Morgan fingerprint density at radius 2 is 1.56 bits per heavy atom. The van der Waals surface area contributed by atoms with E-state index in [-0.39, 0.29) is 0 Å². The highest BCUT2D eigenvalue weighted by atomic mass is 15.2. The van der Waals surface area contributed by atoms with Crippen molar-refractivity contribution in [3.63, 3.8) is 0 Å². The zero-order valence-corrected chi connectivity index (χ0v) is 6.78. The van der Waals surface area contributed by atoms with Gasteiger partial charge in [-0.3, -0.25) is 0 Å². The predicted molar refractivity (Wildman–Crippen MR) is 39.7 cm³/mol. The molecule has 1 heterocycles. The summed E-state index contributed by atoms with van der Waals surface area (Å²) in [4.78, 5) is 1.72. The Hall–Kier alpha value is -0.0400. The van der Waals surface area contributed by atoms with Gasteiger partial charge in [-0.1, -0.05) is 0 Å². The zero-order chi connectivity index (χ0) is 6.85. The Morgan fingerprint density at radius 3 is 1.89 bits per heavy atom. The quantitative estimate of drug-likeness (QED) is 0.483. The summed E-state index contributed by atoms with van der Waals surface area (Å²) in [7, 11) is 2.31. The molecule has 1 heteroatoms. The van der Waals surface area contributed by atoms with Crippen molar-refractivity contribution in [2.24, 2.45) is 0 Å². The standard InChI is InChI=1S/C8H17N/c1-7-5-4-6-8(2)9(7)3/h7-8H,4-6H2,1-3H3/p+1. The highest BCUT2D eigenvalue weighted by Crippen LogP contribution is 2.05. The predicted octanol–water partition coefficient (Wildman–Crippen LogP) is 0.462. The number of hydrogen-bond donors (Lipinski definition) is 1. The fourth-order valence-corrected chi connectivity index (χ4v) is 1.67. The second-order valence-electron chi connectivity index (χ2n) is 3.48. The Labute approximate surface area is 58.0 Å². The average Bonchev–Trinajstić information content (AvgIpc) is 1.83. The van der Waals surface area contributed by atoms with Crippen molar-refractivity contribution in [3.8, 4) is 0 Å². The molecule has 0 aromatic rings. The van der Waals surface area contributed by atoms with Crippen molar-refractivity contribution < 1.29 is 4.90 Å². The van der Waals surface area contributed by atoms with Crippen LogP contribution >= 0.6 is 0 Å². The first kappa shape index (κ1) is 7.07. The maximum atomic E-state index is 2.35. The number of nitrogens with one attached hydrogen (secondary N) is 1. The monoisotopic (exact) mass is 128 g/mol. The lowest BCUT2D eigenvalue weighted by molar-refractivity contribution is -0.932. The summed E-state index contributed by atoms with van der Waals surface area (Å²) in [5.74, 6) is 0. The minimum absolute atomic E-state index is 0.897. The Morgan fingerprint density at radius 1 is 1.11 bits per heavy atom. The van der Waals surface area contributed by atoms with E-state index in [1.807, 2.05) is 0 Å². The molecule has 0 aromatic heterocycles. The summed E-state index contributed by atoms with van der Waals surface area (Å²) >= 11 is 0. The molecule has 0 saturated carbocycles. The third-order valence-corrected chi connectivity index (χ3v) is 2.83. The summed E-state index contributed by atoms with van der Waals surface area (Å²) in [6.45, 7) is 4.70. The molecule has 1 aliphatic rings. The Bertz CT molecular complexity index is 80.6. The number of likely N-dealkylation sites (tertiary alicyclic amines) is 1. The van der Waals surface area contributed by atoms with Crippen LogP contribution in [0.2, 0.25) is 0 Å². The summed E-state index contributed by atoms with van der Waals surface area (Å²) < 4.78 is 0. The van der Waals surface area contributed by atoms with Gasteiger partial charge >= 0.3 is 0 Å². The van der Waals surface area contributed by atoms with Crippen LogP contribution in [0.3, 0.4) is 0 Å². The molecule has 0 radical (unpaired) electrons. The molecule has 1 fully saturated rings. The van der Waals surface area contributed by atoms with Gasteiger partial charge in [0.15, 0.2) is 0 Å². The number of hydrogen-bond acceptors (Lipinski definition) is 0. The molecule has 1 N–H and O–H groups in total. The second kappa shape index (κ2) is 2.70. The van der Waals surface area contributed by atoms with Crippen molar-refractivity contribution in [1.29, 1.82) is 0 Å². The summed E-state index contributed by atoms with van der Waals surface area (Å²) in [6.07, 6.45) is 4.30. The highest BCUT2D eigenvalue weighted by Gasteiger charge is 2.23. The largest absolute Gasteiger partial charge is 0.333 e. The fraction of sp³-hybridized carbons (Fsp3) is 1.00. The van der Waals surface area contributed by atoms with Crippen molar-refractivity contribution in [2.45, 2.75) is 45.2 Å². The molecular formula is C8H18N+. The van der Waals surface area contributed by atoms with Gasteiger partial charge in [0.25, 0.3) is 0 Å². The maximum Gasteiger partial charge on any atom is 0.0846 e. The van der Waals surface area contributed by atoms with Gasteiger partial charge in [0.1, 0.15) is 0 Å². The lowest BCUT2D eigenvalue weighted by Crippen LogP contribution is -3.16. The molecule has 2 unspecified atom stereocenters. The van der Waals surface area contributed by atoms with E-state index in [1.165, 1.54) is 19.3 Å². The van der Waals surface area contributed by atoms with Crippen LogP contribution in [0, 0.1) is 0 Å². The smallest absolute Gasteiger partial charge is 0.0846 e. The van der Waals surface area contributed by atoms with Gasteiger partial charge in [0.2, 0.25) is 0 Å². The molecule has 0 amide bonds. The van der Waals surface area contributed by atoms with E-state index in [0.29, 0.717) is 0 Å². The van der Waals surface area contributed by atoms with Crippen LogP contribution in [0.4, 0.5) is 0 Å². The molecule has 0 aliphatic carbocycles. The van der Waals surface area contributed by atoms with Crippen molar-refractivity contribution in [1.82, 2.24) is 0 Å². The van der Waals surface area contributed by atoms with E-state index in [0.717, 1.165) is 12.1 Å². The normalized spacial score (nSPS) is 45.0. The molecule has 0 bridgehead atoms. The van der Waals surface area contributed by atoms with Gasteiger partial charge in [-0.15, -0.1) is 0 Å². The van der Waals surface area contributed by atoms with Crippen LogP contribution in [0.1, 0.15) is 33.1 Å². The van der Waals surface area contributed by atoms with E-state index >= 15 is 0 Å². The Kier molecular flexibility index (Phi) is 2.12. The van der Waals surface area contributed by atoms with Gasteiger partial charge in [-0.05, 0) is 33.1 Å². The minimum atomic E-state index is 0.897. The fourth-order valence-electron chi connectivity index (χ4n) is 1.67. The first-order valence-corrected chi connectivity index (χ1v) is 4.05. The molecule has 0 aromatic carbocycles. The van der Waals surface area contributed by atoms with E-state index in [4.69, 9.17) is 0 Å². The topological polar surface area (TPSA) is 4.44 Å². The van der Waals surface area contributed by atoms with Gasteiger partial charge in [-0.2, -0.15) is 0 Å². The molecule has 1 aliphatic heterocycles. The SMILES string of the molecule is CC1CCCC(C)[NH+]1C. The lowest BCUT2D eigenvalue weighted by atomic mass is 9.99. The van der Waals surface area contributed by atoms with E-state index in [9.17, 15) is 0 Å². The molecular weight excluding hydrogens is 110 g/mol. The van der Waals surface area contributed by atoms with Crippen LogP contribution < -0.4 is 4.90 Å². The number of rotatable bonds is 0. The summed E-state index contributed by atoms with van der Waals surface area (Å²) in [5.41, 5.74) is 0. The Balaban J connectivity index is 2.41. The first-order valence-electron chi connectivity index (χ1n) is 4.05. The van der Waals surface area contributed by atoms with E-state index in [2.05, 4.69) is 20.9 Å². The van der Waals surface area contributed by atoms with E-state index < -0.39 is 0 Å². The van der Waals surface area contributed by atoms with Crippen molar-refractivity contribution >= 4 is 0 Å². The number of quaternary nitrogens is 1. The van der Waals surface area contributed by atoms with Crippen molar-refractivity contribution in [2.75, 3.05) is 7.05 Å². The minimum Gasteiger partial charge on any atom is -0.333 e. The van der Waals surface area contributed by atoms with Crippen LogP contribution in [0.5, 0.6) is 0 Å². The summed E-state index contributed by atoms with van der Waals surface area (Å²) in [6, 6.07) is 1.79. The molecule has 1 saturated heterocycles. The molecule has 1 rings (SSSR count). The molecule has 0 spiro atoms. The van der Waals surface area contributed by atoms with Gasteiger partial charge in [0.05, 0.1) is 19.1 Å². The third kappa shape index (κ3) is 1.45. The lowest BCUT2D eigenvalue weighted by Gasteiger charge is -2.32. The van der Waals surface area contributed by atoms with Gasteiger partial charge in [-0.25, -0.2) is 0 Å². The van der Waals surface area contributed by atoms with Crippen LogP contribution in [-0.2, 0) is 0 Å². The van der Waals surface area contributed by atoms with Crippen LogP contribution in [0.25, 0.3) is 0 Å². The van der Waals surface area contributed by atoms with Crippen LogP contribution in [-0.4, -0.2) is 19.1 Å². The second-order valence-corrected chi connectivity index (χ2v) is 3.48.